The SMILES string of the molecule is Cc1ccccc1-c1cc(NC(=O)CC2COCCN2)n(C)n1. The van der Waals surface area contributed by atoms with Crippen molar-refractivity contribution in [2.45, 2.75) is 19.4 Å². The molecule has 1 saturated heterocycles. The molecule has 3 rings (SSSR count). The number of rotatable bonds is 4. The van der Waals surface area contributed by atoms with Gasteiger partial charge in [-0.2, -0.15) is 5.10 Å². The third-order valence-corrected chi connectivity index (χ3v) is 4.00. The van der Waals surface area contributed by atoms with E-state index in [2.05, 4.69) is 28.7 Å². The predicted molar refractivity (Wildman–Crippen MR) is 89.2 cm³/mol. The smallest absolute Gasteiger partial charge is 0.227 e. The minimum atomic E-state index is -0.0349. The van der Waals surface area contributed by atoms with Gasteiger partial charge in [0.1, 0.15) is 5.82 Å². The zero-order chi connectivity index (χ0) is 16.2. The summed E-state index contributed by atoms with van der Waals surface area (Å²) in [5.41, 5.74) is 3.10. The van der Waals surface area contributed by atoms with Crippen LogP contribution in [0.3, 0.4) is 0 Å². The van der Waals surface area contributed by atoms with E-state index in [1.165, 1.54) is 0 Å². The van der Waals surface area contributed by atoms with Crippen molar-refractivity contribution >= 4 is 11.7 Å². The molecular formula is C17H22N4O2. The first-order valence-corrected chi connectivity index (χ1v) is 7.84. The van der Waals surface area contributed by atoms with Crippen LogP contribution >= 0.6 is 0 Å². The fraction of sp³-hybridized carbons (Fsp3) is 0.412. The number of carbonyl (C=O) groups excluding carboxylic acids is 1. The van der Waals surface area contributed by atoms with Crippen LogP contribution in [0.15, 0.2) is 30.3 Å². The van der Waals surface area contributed by atoms with Gasteiger partial charge in [-0.1, -0.05) is 24.3 Å². The number of hydrogen-bond acceptors (Lipinski definition) is 4. The molecule has 122 valence electrons. The molecule has 6 heteroatoms. The Kier molecular flexibility index (Phi) is 4.73. The van der Waals surface area contributed by atoms with E-state index in [-0.39, 0.29) is 11.9 Å². The van der Waals surface area contributed by atoms with Gasteiger partial charge in [-0.15, -0.1) is 0 Å². The van der Waals surface area contributed by atoms with Gasteiger partial charge < -0.3 is 15.4 Å². The molecule has 2 heterocycles. The van der Waals surface area contributed by atoms with Gasteiger partial charge in [-0.05, 0) is 12.5 Å². The number of nitrogens with one attached hydrogen (secondary N) is 2. The van der Waals surface area contributed by atoms with Crippen LogP contribution in [0.2, 0.25) is 0 Å². The molecule has 1 unspecified atom stereocenters. The highest BCUT2D eigenvalue weighted by molar-refractivity contribution is 5.91. The lowest BCUT2D eigenvalue weighted by atomic mass is 10.1. The Balaban J connectivity index is 1.69. The van der Waals surface area contributed by atoms with Gasteiger partial charge in [0.2, 0.25) is 5.91 Å². The summed E-state index contributed by atoms with van der Waals surface area (Å²) >= 11 is 0. The summed E-state index contributed by atoms with van der Waals surface area (Å²) in [6, 6.07) is 10.1. The quantitative estimate of drug-likeness (QED) is 0.901. The molecule has 1 atom stereocenters. The maximum Gasteiger partial charge on any atom is 0.227 e. The van der Waals surface area contributed by atoms with Gasteiger partial charge in [-0.3, -0.25) is 9.48 Å². The Labute approximate surface area is 135 Å². The lowest BCUT2D eigenvalue weighted by Crippen LogP contribution is -2.43. The average molecular weight is 314 g/mol. The van der Waals surface area contributed by atoms with E-state index >= 15 is 0 Å². The number of ether oxygens (including phenoxy) is 1. The summed E-state index contributed by atoms with van der Waals surface area (Å²) in [4.78, 5) is 12.2. The Bertz CT molecular complexity index is 690. The minimum Gasteiger partial charge on any atom is -0.378 e. The second-order valence-corrected chi connectivity index (χ2v) is 5.83. The third kappa shape index (κ3) is 3.78. The Hall–Kier alpha value is -2.18. The standard InChI is InChI=1S/C17H22N4O2/c1-12-5-3-4-6-14(12)15-10-16(21(2)20-15)19-17(22)9-13-11-23-8-7-18-13/h3-6,10,13,18H,7-9,11H2,1-2H3,(H,19,22). The number of morpholine rings is 1. The van der Waals surface area contributed by atoms with E-state index in [4.69, 9.17) is 4.74 Å². The van der Waals surface area contributed by atoms with Gasteiger partial charge >= 0.3 is 0 Å². The minimum absolute atomic E-state index is 0.0349. The van der Waals surface area contributed by atoms with Gasteiger partial charge in [0, 0.05) is 37.7 Å². The number of aromatic nitrogens is 2. The summed E-state index contributed by atoms with van der Waals surface area (Å²) in [5.74, 6) is 0.664. The molecule has 0 saturated carbocycles. The van der Waals surface area contributed by atoms with Crippen LogP contribution in [0.5, 0.6) is 0 Å². The first-order chi connectivity index (χ1) is 11.1. The molecule has 1 fully saturated rings. The van der Waals surface area contributed by atoms with Crippen LogP contribution in [0.25, 0.3) is 11.3 Å². The van der Waals surface area contributed by atoms with E-state index in [0.717, 1.165) is 23.4 Å². The summed E-state index contributed by atoms with van der Waals surface area (Å²) in [7, 11) is 1.83. The van der Waals surface area contributed by atoms with Gasteiger partial charge in [0.05, 0.1) is 18.9 Å². The first-order valence-electron chi connectivity index (χ1n) is 7.84. The average Bonchev–Trinajstić information content (AvgIpc) is 2.89. The molecule has 1 amide bonds. The fourth-order valence-electron chi connectivity index (χ4n) is 2.74. The van der Waals surface area contributed by atoms with E-state index in [1.54, 1.807) is 4.68 Å². The molecule has 1 aliphatic heterocycles. The van der Waals surface area contributed by atoms with Crippen molar-refractivity contribution in [1.82, 2.24) is 15.1 Å². The molecule has 0 radical (unpaired) electrons. The number of carbonyl (C=O) groups is 1. The molecule has 0 aliphatic carbocycles. The van der Waals surface area contributed by atoms with Crippen LogP contribution in [0, 0.1) is 6.92 Å². The number of benzene rings is 1. The van der Waals surface area contributed by atoms with E-state index < -0.39 is 0 Å². The van der Waals surface area contributed by atoms with Crippen LogP contribution in [0.1, 0.15) is 12.0 Å². The zero-order valence-electron chi connectivity index (χ0n) is 13.5. The number of aryl methyl sites for hydroxylation is 2. The lowest BCUT2D eigenvalue weighted by molar-refractivity contribution is -0.117. The number of hydrogen-bond donors (Lipinski definition) is 2. The molecule has 2 N–H and O–H groups in total. The van der Waals surface area contributed by atoms with E-state index in [0.29, 0.717) is 25.5 Å². The Morgan fingerprint density at radius 1 is 1.48 bits per heavy atom. The van der Waals surface area contributed by atoms with Crippen LogP contribution < -0.4 is 10.6 Å². The Morgan fingerprint density at radius 2 is 2.30 bits per heavy atom. The predicted octanol–water partition coefficient (Wildman–Crippen LogP) is 1.71. The summed E-state index contributed by atoms with van der Waals surface area (Å²) in [6.45, 7) is 4.13. The molecule has 0 spiro atoms. The van der Waals surface area contributed by atoms with Crippen molar-refractivity contribution in [2.24, 2.45) is 7.05 Å². The second kappa shape index (κ2) is 6.93. The van der Waals surface area contributed by atoms with Crippen molar-refractivity contribution in [2.75, 3.05) is 25.1 Å². The second-order valence-electron chi connectivity index (χ2n) is 5.83. The number of amides is 1. The largest absolute Gasteiger partial charge is 0.378 e. The zero-order valence-corrected chi connectivity index (χ0v) is 13.5. The summed E-state index contributed by atoms with van der Waals surface area (Å²) in [5, 5.41) is 10.7. The lowest BCUT2D eigenvalue weighted by Gasteiger charge is -2.23. The monoisotopic (exact) mass is 314 g/mol. The Morgan fingerprint density at radius 3 is 3.04 bits per heavy atom. The maximum absolute atomic E-state index is 12.2. The molecule has 1 aromatic carbocycles. The maximum atomic E-state index is 12.2. The highest BCUT2D eigenvalue weighted by Crippen LogP contribution is 2.24. The van der Waals surface area contributed by atoms with Crippen LogP contribution in [-0.4, -0.2) is 41.5 Å². The van der Waals surface area contributed by atoms with Crippen molar-refractivity contribution < 1.29 is 9.53 Å². The van der Waals surface area contributed by atoms with Crippen LogP contribution in [-0.2, 0) is 16.6 Å². The summed E-state index contributed by atoms with van der Waals surface area (Å²) < 4.78 is 7.07. The van der Waals surface area contributed by atoms with Gasteiger partial charge in [-0.25, -0.2) is 0 Å². The van der Waals surface area contributed by atoms with Crippen molar-refractivity contribution in [1.29, 1.82) is 0 Å². The first kappa shape index (κ1) is 15.7. The van der Waals surface area contributed by atoms with Gasteiger partial charge in [0.25, 0.3) is 0 Å². The molecule has 2 aromatic rings. The number of anilines is 1. The topological polar surface area (TPSA) is 68.2 Å². The molecule has 1 aromatic heterocycles. The van der Waals surface area contributed by atoms with E-state index in [9.17, 15) is 4.79 Å². The normalized spacial score (nSPS) is 17.9. The number of nitrogens with zero attached hydrogens (tertiary/aromatic N) is 2. The van der Waals surface area contributed by atoms with E-state index in [1.807, 2.05) is 31.3 Å². The third-order valence-electron chi connectivity index (χ3n) is 4.00. The highest BCUT2D eigenvalue weighted by atomic mass is 16.5. The highest BCUT2D eigenvalue weighted by Gasteiger charge is 2.18. The summed E-state index contributed by atoms with van der Waals surface area (Å²) in [6.07, 6.45) is 0.394. The molecular weight excluding hydrogens is 292 g/mol. The molecule has 1 aliphatic rings. The fourth-order valence-corrected chi connectivity index (χ4v) is 2.74. The van der Waals surface area contributed by atoms with Crippen molar-refractivity contribution in [3.8, 4) is 11.3 Å². The van der Waals surface area contributed by atoms with Crippen molar-refractivity contribution in [3.63, 3.8) is 0 Å². The molecule has 23 heavy (non-hydrogen) atoms. The molecule has 6 nitrogen and oxygen atoms in total. The molecule has 0 bridgehead atoms. The van der Waals surface area contributed by atoms with Gasteiger partial charge in [0.15, 0.2) is 0 Å². The van der Waals surface area contributed by atoms with Crippen LogP contribution in [0.4, 0.5) is 5.82 Å². The van der Waals surface area contributed by atoms with Crippen molar-refractivity contribution in [3.05, 3.63) is 35.9 Å².